The molecule has 4 heteroatoms. The number of benzene rings is 1. The highest BCUT2D eigenvalue weighted by Crippen LogP contribution is 2.39. The number of nitrogens with zero attached hydrogens (tertiary/aromatic N) is 2. The van der Waals surface area contributed by atoms with Crippen LogP contribution < -0.4 is 10.1 Å². The van der Waals surface area contributed by atoms with Crippen LogP contribution in [0.1, 0.15) is 37.1 Å². The van der Waals surface area contributed by atoms with Crippen LogP contribution in [0.5, 0.6) is 5.88 Å². The van der Waals surface area contributed by atoms with Crippen LogP contribution in [0.2, 0.25) is 0 Å². The normalized spacial score (nSPS) is 14.0. The van der Waals surface area contributed by atoms with Crippen LogP contribution in [0.4, 0.5) is 5.82 Å². The molecule has 0 bridgehead atoms. The largest absolute Gasteiger partial charge is 0.478 e. The Kier molecular flexibility index (Phi) is 4.34. The molecule has 1 aliphatic carbocycles. The van der Waals surface area contributed by atoms with Crippen molar-refractivity contribution in [1.29, 1.82) is 0 Å². The average molecular weight is 283 g/mol. The van der Waals surface area contributed by atoms with E-state index in [1.807, 2.05) is 19.1 Å². The van der Waals surface area contributed by atoms with Crippen molar-refractivity contribution < 1.29 is 4.74 Å². The minimum atomic E-state index is 0.528. The number of rotatable bonds is 7. The molecule has 0 amide bonds. The number of aromatic nitrogens is 2. The summed E-state index contributed by atoms with van der Waals surface area (Å²) in [6.07, 6.45) is 3.37. The van der Waals surface area contributed by atoms with E-state index in [1.165, 1.54) is 18.4 Å². The third kappa shape index (κ3) is 3.94. The summed E-state index contributed by atoms with van der Waals surface area (Å²) in [5, 5.41) is 3.38. The summed E-state index contributed by atoms with van der Waals surface area (Å²) in [5.41, 5.74) is 1.33. The minimum absolute atomic E-state index is 0.528. The molecule has 0 unspecified atom stereocenters. The van der Waals surface area contributed by atoms with Crippen molar-refractivity contribution in [3.63, 3.8) is 0 Å². The Bertz CT molecular complexity index is 582. The maximum atomic E-state index is 5.54. The smallest absolute Gasteiger partial charge is 0.218 e. The van der Waals surface area contributed by atoms with Crippen molar-refractivity contribution in [2.75, 3.05) is 18.5 Å². The molecule has 1 aliphatic rings. The minimum Gasteiger partial charge on any atom is -0.478 e. The van der Waals surface area contributed by atoms with E-state index in [9.17, 15) is 0 Å². The van der Waals surface area contributed by atoms with Crippen molar-refractivity contribution in [3.8, 4) is 5.88 Å². The Balaban J connectivity index is 1.63. The first-order valence-corrected chi connectivity index (χ1v) is 7.64. The molecule has 1 heterocycles. The second kappa shape index (κ2) is 6.57. The average Bonchev–Trinajstić information content (AvgIpc) is 3.33. The van der Waals surface area contributed by atoms with E-state index in [1.54, 1.807) is 0 Å². The molecule has 1 aromatic heterocycles. The fourth-order valence-corrected chi connectivity index (χ4v) is 2.26. The van der Waals surface area contributed by atoms with Crippen LogP contribution in [0.15, 0.2) is 36.4 Å². The van der Waals surface area contributed by atoms with Gasteiger partial charge < -0.3 is 10.1 Å². The van der Waals surface area contributed by atoms with E-state index in [-0.39, 0.29) is 0 Å². The predicted octanol–water partition coefficient (Wildman–Crippen LogP) is 3.41. The fraction of sp³-hybridized carbons (Fsp3) is 0.412. The van der Waals surface area contributed by atoms with Gasteiger partial charge in [-0.3, -0.25) is 0 Å². The molecule has 1 aromatic carbocycles. The molecule has 0 spiro atoms. The lowest BCUT2D eigenvalue weighted by molar-refractivity contribution is 0.325. The molecular formula is C17H21N3O. The van der Waals surface area contributed by atoms with Crippen molar-refractivity contribution in [2.24, 2.45) is 0 Å². The second-order valence-electron chi connectivity index (χ2n) is 5.32. The third-order valence-corrected chi connectivity index (χ3v) is 3.52. The van der Waals surface area contributed by atoms with Gasteiger partial charge in [0.1, 0.15) is 11.6 Å². The molecule has 2 aromatic rings. The molecule has 0 saturated heterocycles. The topological polar surface area (TPSA) is 47.0 Å². The zero-order valence-electron chi connectivity index (χ0n) is 12.4. The van der Waals surface area contributed by atoms with Gasteiger partial charge in [0.2, 0.25) is 5.88 Å². The van der Waals surface area contributed by atoms with Crippen LogP contribution in [0.25, 0.3) is 0 Å². The molecule has 0 aliphatic heterocycles. The highest BCUT2D eigenvalue weighted by atomic mass is 16.5. The summed E-state index contributed by atoms with van der Waals surface area (Å²) >= 11 is 0. The molecule has 1 fully saturated rings. The zero-order valence-corrected chi connectivity index (χ0v) is 12.4. The Labute approximate surface area is 125 Å². The molecule has 0 radical (unpaired) electrons. The summed E-state index contributed by atoms with van der Waals surface area (Å²) < 4.78 is 5.54. The second-order valence-corrected chi connectivity index (χ2v) is 5.32. The summed E-state index contributed by atoms with van der Waals surface area (Å²) in [6, 6.07) is 12.3. The van der Waals surface area contributed by atoms with E-state index >= 15 is 0 Å². The van der Waals surface area contributed by atoms with Gasteiger partial charge in [-0.2, -0.15) is 4.98 Å². The fourth-order valence-electron chi connectivity index (χ4n) is 2.26. The van der Waals surface area contributed by atoms with Gasteiger partial charge in [0.05, 0.1) is 6.61 Å². The lowest BCUT2D eigenvalue weighted by Gasteiger charge is -2.10. The molecule has 0 atom stereocenters. The molecule has 1 N–H and O–H groups in total. The van der Waals surface area contributed by atoms with Crippen LogP contribution in [-0.4, -0.2) is 23.1 Å². The molecule has 3 rings (SSSR count). The van der Waals surface area contributed by atoms with Gasteiger partial charge in [-0.25, -0.2) is 4.98 Å². The Morgan fingerprint density at radius 3 is 2.71 bits per heavy atom. The van der Waals surface area contributed by atoms with E-state index in [0.29, 0.717) is 18.4 Å². The highest BCUT2D eigenvalue weighted by molar-refractivity contribution is 5.39. The lowest BCUT2D eigenvalue weighted by Crippen LogP contribution is -2.09. The van der Waals surface area contributed by atoms with Crippen molar-refractivity contribution in [3.05, 3.63) is 47.8 Å². The zero-order chi connectivity index (χ0) is 14.5. The predicted molar refractivity (Wildman–Crippen MR) is 83.8 cm³/mol. The van der Waals surface area contributed by atoms with Gasteiger partial charge in [0.25, 0.3) is 0 Å². The van der Waals surface area contributed by atoms with Crippen LogP contribution >= 0.6 is 0 Å². The standard InChI is InChI=1S/C17H21N3O/c1-2-21-16-12-15(19-17(20-16)14-8-9-14)18-11-10-13-6-4-3-5-7-13/h3-7,12,14H,2,8-11H2,1H3,(H,18,19,20). The van der Waals surface area contributed by atoms with E-state index in [0.717, 1.165) is 24.6 Å². The number of ether oxygens (including phenoxy) is 1. The third-order valence-electron chi connectivity index (χ3n) is 3.52. The number of hydrogen-bond donors (Lipinski definition) is 1. The quantitative estimate of drug-likeness (QED) is 0.846. The molecule has 110 valence electrons. The number of anilines is 1. The van der Waals surface area contributed by atoms with Gasteiger partial charge in [-0.05, 0) is 31.7 Å². The van der Waals surface area contributed by atoms with Crippen molar-refractivity contribution >= 4 is 5.82 Å². The monoisotopic (exact) mass is 283 g/mol. The Hall–Kier alpha value is -2.10. The first kappa shape index (κ1) is 13.9. The van der Waals surface area contributed by atoms with E-state index < -0.39 is 0 Å². The summed E-state index contributed by atoms with van der Waals surface area (Å²) in [4.78, 5) is 9.08. The first-order chi connectivity index (χ1) is 10.3. The summed E-state index contributed by atoms with van der Waals surface area (Å²) in [7, 11) is 0. The van der Waals surface area contributed by atoms with Crippen LogP contribution in [0, 0.1) is 0 Å². The van der Waals surface area contributed by atoms with Gasteiger partial charge in [0.15, 0.2) is 0 Å². The van der Waals surface area contributed by atoms with Gasteiger partial charge >= 0.3 is 0 Å². The SMILES string of the molecule is CCOc1cc(NCCc2ccccc2)nc(C2CC2)n1. The first-order valence-electron chi connectivity index (χ1n) is 7.64. The number of nitrogens with one attached hydrogen (secondary N) is 1. The Morgan fingerprint density at radius 2 is 2.00 bits per heavy atom. The highest BCUT2D eigenvalue weighted by Gasteiger charge is 2.27. The van der Waals surface area contributed by atoms with E-state index in [4.69, 9.17) is 4.74 Å². The van der Waals surface area contributed by atoms with Gasteiger partial charge in [0, 0.05) is 18.5 Å². The molecule has 1 saturated carbocycles. The lowest BCUT2D eigenvalue weighted by atomic mass is 10.1. The molecule has 4 nitrogen and oxygen atoms in total. The maximum absolute atomic E-state index is 5.54. The summed E-state index contributed by atoms with van der Waals surface area (Å²) in [6.45, 7) is 3.46. The van der Waals surface area contributed by atoms with Crippen LogP contribution in [0.3, 0.4) is 0 Å². The number of hydrogen-bond acceptors (Lipinski definition) is 4. The van der Waals surface area contributed by atoms with Crippen LogP contribution in [-0.2, 0) is 6.42 Å². The van der Waals surface area contributed by atoms with Gasteiger partial charge in [-0.15, -0.1) is 0 Å². The van der Waals surface area contributed by atoms with Crippen molar-refractivity contribution in [1.82, 2.24) is 9.97 Å². The molecular weight excluding hydrogens is 262 g/mol. The van der Waals surface area contributed by atoms with Crippen molar-refractivity contribution in [2.45, 2.75) is 32.1 Å². The Morgan fingerprint density at radius 1 is 1.19 bits per heavy atom. The molecule has 21 heavy (non-hydrogen) atoms. The van der Waals surface area contributed by atoms with E-state index in [2.05, 4.69) is 39.6 Å². The summed E-state index contributed by atoms with van der Waals surface area (Å²) in [5.74, 6) is 2.99. The van der Waals surface area contributed by atoms with Gasteiger partial charge in [-0.1, -0.05) is 30.3 Å². The maximum Gasteiger partial charge on any atom is 0.218 e.